The van der Waals surface area contributed by atoms with Gasteiger partial charge in [0, 0.05) is 24.0 Å². The molecule has 0 aliphatic carbocycles. The second-order valence-electron chi connectivity index (χ2n) is 8.34. The summed E-state index contributed by atoms with van der Waals surface area (Å²) in [6.45, 7) is 12.2. The summed E-state index contributed by atoms with van der Waals surface area (Å²) >= 11 is 0. The largest absolute Gasteiger partial charge is 0.338 e. The number of carbonyl (C=O) groups excluding carboxylic acids is 1. The molecule has 3 rings (SSSR count). The van der Waals surface area contributed by atoms with Crippen molar-refractivity contribution >= 4 is 16.8 Å². The van der Waals surface area contributed by atoms with Gasteiger partial charge in [0.05, 0.1) is 16.8 Å². The number of rotatable bonds is 6. The van der Waals surface area contributed by atoms with Gasteiger partial charge in [-0.25, -0.2) is 4.98 Å². The van der Waals surface area contributed by atoms with Gasteiger partial charge in [-0.2, -0.15) is 0 Å². The van der Waals surface area contributed by atoms with Crippen molar-refractivity contribution in [2.75, 3.05) is 13.1 Å². The summed E-state index contributed by atoms with van der Waals surface area (Å²) in [6, 6.07) is 18.1. The fourth-order valence-corrected chi connectivity index (χ4v) is 3.74. The third-order valence-corrected chi connectivity index (χ3v) is 4.86. The van der Waals surface area contributed by atoms with E-state index in [1.807, 2.05) is 54.3 Å². The highest BCUT2D eigenvalue weighted by atomic mass is 16.2. The molecule has 2 aromatic carbocycles. The highest BCUT2D eigenvalue weighted by Gasteiger charge is 2.24. The first kappa shape index (κ1) is 20.1. The van der Waals surface area contributed by atoms with Gasteiger partial charge in [0.1, 0.15) is 0 Å². The van der Waals surface area contributed by atoms with Crippen LogP contribution in [0.15, 0.2) is 54.6 Å². The van der Waals surface area contributed by atoms with Crippen molar-refractivity contribution in [2.45, 2.75) is 34.6 Å². The Labute approximate surface area is 168 Å². The normalized spacial score (nSPS) is 11.4. The van der Waals surface area contributed by atoms with Crippen LogP contribution in [0.5, 0.6) is 0 Å². The van der Waals surface area contributed by atoms with E-state index >= 15 is 0 Å². The second kappa shape index (κ2) is 8.55. The lowest BCUT2D eigenvalue weighted by atomic mass is 9.96. The molecule has 3 nitrogen and oxygen atoms in total. The molecule has 0 radical (unpaired) electrons. The molecule has 0 fully saturated rings. The Morgan fingerprint density at radius 3 is 2.07 bits per heavy atom. The van der Waals surface area contributed by atoms with Gasteiger partial charge in [-0.1, -0.05) is 76.2 Å². The van der Waals surface area contributed by atoms with Gasteiger partial charge in [0.25, 0.3) is 5.91 Å². The Morgan fingerprint density at radius 1 is 0.893 bits per heavy atom. The molecule has 1 aromatic heterocycles. The average molecular weight is 375 g/mol. The molecule has 3 aromatic rings. The third kappa shape index (κ3) is 4.24. The van der Waals surface area contributed by atoms with Crippen LogP contribution in [0.3, 0.4) is 0 Å². The maximum atomic E-state index is 13.7. The minimum atomic E-state index is 0.107. The number of nitrogens with zero attached hydrogens (tertiary/aromatic N) is 2. The standard InChI is InChI=1S/C25H30N2O/c1-17(2)15-27(16-18(3)4)25(28)23-19(5)24(20-11-7-6-8-12-20)26-22-14-10-9-13-21(22)23/h6-14,17-18H,15-16H2,1-5H3. The molecule has 0 spiro atoms. The summed E-state index contributed by atoms with van der Waals surface area (Å²) in [5.74, 6) is 0.949. The highest BCUT2D eigenvalue weighted by molar-refractivity contribution is 6.08. The van der Waals surface area contributed by atoms with Crippen LogP contribution in [0.25, 0.3) is 22.2 Å². The predicted molar refractivity (Wildman–Crippen MR) is 117 cm³/mol. The molecule has 1 amide bonds. The first-order valence-electron chi connectivity index (χ1n) is 10.1. The van der Waals surface area contributed by atoms with Gasteiger partial charge in [-0.15, -0.1) is 0 Å². The maximum absolute atomic E-state index is 13.7. The van der Waals surface area contributed by atoms with Gasteiger partial charge in [-0.3, -0.25) is 4.79 Å². The molecule has 0 aliphatic rings. The number of pyridine rings is 1. The number of hydrogen-bond acceptors (Lipinski definition) is 2. The second-order valence-corrected chi connectivity index (χ2v) is 8.34. The fraction of sp³-hybridized carbons (Fsp3) is 0.360. The molecule has 0 saturated carbocycles. The van der Waals surface area contributed by atoms with E-state index in [-0.39, 0.29) is 5.91 Å². The quantitative estimate of drug-likeness (QED) is 0.533. The molecule has 0 atom stereocenters. The predicted octanol–water partition coefficient (Wildman–Crippen LogP) is 5.96. The van der Waals surface area contributed by atoms with Gasteiger partial charge in [-0.05, 0) is 30.4 Å². The van der Waals surface area contributed by atoms with Crippen LogP contribution >= 0.6 is 0 Å². The summed E-state index contributed by atoms with van der Waals surface area (Å²) in [5.41, 5.74) is 4.53. The molecule has 0 bridgehead atoms. The third-order valence-electron chi connectivity index (χ3n) is 4.86. The lowest BCUT2D eigenvalue weighted by molar-refractivity contribution is 0.0716. The number of benzene rings is 2. The Balaban J connectivity index is 2.20. The van der Waals surface area contributed by atoms with Crippen molar-refractivity contribution in [1.82, 2.24) is 9.88 Å². The molecule has 28 heavy (non-hydrogen) atoms. The molecule has 1 heterocycles. The molecule has 3 heteroatoms. The van der Waals surface area contributed by atoms with E-state index in [9.17, 15) is 4.79 Å². The van der Waals surface area contributed by atoms with Crippen LogP contribution in [-0.2, 0) is 0 Å². The number of hydrogen-bond donors (Lipinski definition) is 0. The summed E-state index contributed by atoms with van der Waals surface area (Å²) in [7, 11) is 0. The van der Waals surface area contributed by atoms with Crippen LogP contribution in [0.1, 0.15) is 43.6 Å². The number of amides is 1. The highest BCUT2D eigenvalue weighted by Crippen LogP contribution is 2.30. The average Bonchev–Trinajstić information content (AvgIpc) is 2.66. The van der Waals surface area contributed by atoms with E-state index in [1.165, 1.54) is 0 Å². The van der Waals surface area contributed by atoms with Crippen LogP contribution in [0.2, 0.25) is 0 Å². The zero-order chi connectivity index (χ0) is 20.3. The van der Waals surface area contributed by atoms with Crippen molar-refractivity contribution in [2.24, 2.45) is 11.8 Å². The Kier molecular flexibility index (Phi) is 6.13. The number of fused-ring (bicyclic) bond motifs is 1. The molecule has 0 unspecified atom stereocenters. The van der Waals surface area contributed by atoms with Crippen molar-refractivity contribution in [3.63, 3.8) is 0 Å². The SMILES string of the molecule is Cc1c(-c2ccccc2)nc2ccccc2c1C(=O)N(CC(C)C)CC(C)C. The Morgan fingerprint density at radius 2 is 1.46 bits per heavy atom. The summed E-state index contributed by atoms with van der Waals surface area (Å²) in [6.07, 6.45) is 0. The maximum Gasteiger partial charge on any atom is 0.254 e. The first-order valence-corrected chi connectivity index (χ1v) is 10.1. The molecule has 0 aliphatic heterocycles. The van der Waals surface area contributed by atoms with E-state index < -0.39 is 0 Å². The molecule has 0 N–H and O–H groups in total. The van der Waals surface area contributed by atoms with E-state index in [0.717, 1.165) is 46.4 Å². The Hall–Kier alpha value is -2.68. The van der Waals surface area contributed by atoms with Crippen LogP contribution in [0, 0.1) is 18.8 Å². The summed E-state index contributed by atoms with van der Waals surface area (Å²) in [4.78, 5) is 20.6. The van der Waals surface area contributed by atoms with E-state index in [4.69, 9.17) is 4.98 Å². The molecular weight excluding hydrogens is 344 g/mol. The minimum absolute atomic E-state index is 0.107. The molecular formula is C25H30N2O. The lowest BCUT2D eigenvalue weighted by Crippen LogP contribution is -2.37. The van der Waals surface area contributed by atoms with Crippen LogP contribution < -0.4 is 0 Å². The fourth-order valence-electron chi connectivity index (χ4n) is 3.74. The van der Waals surface area contributed by atoms with Gasteiger partial charge in [0.15, 0.2) is 0 Å². The van der Waals surface area contributed by atoms with E-state index in [1.54, 1.807) is 0 Å². The molecule has 146 valence electrons. The van der Waals surface area contributed by atoms with Crippen LogP contribution in [-0.4, -0.2) is 28.9 Å². The monoisotopic (exact) mass is 374 g/mol. The minimum Gasteiger partial charge on any atom is -0.338 e. The topological polar surface area (TPSA) is 33.2 Å². The number of carbonyl (C=O) groups is 1. The molecule has 0 saturated heterocycles. The van der Waals surface area contributed by atoms with Crippen molar-refractivity contribution in [3.05, 3.63) is 65.7 Å². The Bertz CT molecular complexity index is 951. The van der Waals surface area contributed by atoms with Crippen LogP contribution in [0.4, 0.5) is 0 Å². The zero-order valence-electron chi connectivity index (χ0n) is 17.6. The smallest absolute Gasteiger partial charge is 0.254 e. The van der Waals surface area contributed by atoms with Gasteiger partial charge in [0.2, 0.25) is 0 Å². The van der Waals surface area contributed by atoms with Gasteiger partial charge >= 0.3 is 0 Å². The zero-order valence-corrected chi connectivity index (χ0v) is 17.6. The van der Waals surface area contributed by atoms with E-state index in [2.05, 4.69) is 39.8 Å². The number of aromatic nitrogens is 1. The first-order chi connectivity index (χ1) is 13.4. The lowest BCUT2D eigenvalue weighted by Gasteiger charge is -2.28. The van der Waals surface area contributed by atoms with Crippen molar-refractivity contribution < 1.29 is 4.79 Å². The number of para-hydroxylation sites is 1. The van der Waals surface area contributed by atoms with Crippen molar-refractivity contribution in [3.8, 4) is 11.3 Å². The van der Waals surface area contributed by atoms with Gasteiger partial charge < -0.3 is 4.90 Å². The van der Waals surface area contributed by atoms with E-state index in [0.29, 0.717) is 11.8 Å². The summed E-state index contributed by atoms with van der Waals surface area (Å²) < 4.78 is 0. The summed E-state index contributed by atoms with van der Waals surface area (Å²) in [5, 5.41) is 0.933. The van der Waals surface area contributed by atoms with Crippen molar-refractivity contribution in [1.29, 1.82) is 0 Å².